The van der Waals surface area contributed by atoms with Crippen LogP contribution < -0.4 is 26.7 Å². The van der Waals surface area contributed by atoms with Crippen molar-refractivity contribution in [2.24, 2.45) is 23.7 Å². The van der Waals surface area contributed by atoms with Crippen molar-refractivity contribution in [3.8, 4) is 11.3 Å². The number of hydrogen-bond donors (Lipinski definition) is 4. The van der Waals surface area contributed by atoms with Crippen LogP contribution >= 0.6 is 15.9 Å². The van der Waals surface area contributed by atoms with Crippen LogP contribution in [0.5, 0.6) is 0 Å². The standard InChI is InChI=1S/C13H12F2N6.C9H10BF2N3O2.C4H4BrN3.CH4/c14-13(15)8-5-21(6-9(8)13)12-18-1-7(2-19-12)10-3-17-4-11(16)20-10;11-9(12)6-3-15(4-7(6)9)8-13-1-5(2-14-8)10(16)17;5-3-1-7-2-4(6)8-3;/h1-4,8-9H,5-6H2,(H2,16,20);1-2,6-7,16-17H,3-4H2;1-2H,(H2,6,8);1H4. The molecule has 6 heterocycles. The van der Waals surface area contributed by atoms with Crippen LogP contribution in [0.25, 0.3) is 11.3 Å². The Balaban J connectivity index is 0.000000150. The third-order valence-corrected chi connectivity index (χ3v) is 8.51. The van der Waals surface area contributed by atoms with Gasteiger partial charge in [-0.15, -0.1) is 0 Å². The van der Waals surface area contributed by atoms with E-state index < -0.39 is 42.6 Å². The Morgan fingerprint density at radius 2 is 1.11 bits per heavy atom. The van der Waals surface area contributed by atoms with Gasteiger partial charge in [0.2, 0.25) is 11.9 Å². The van der Waals surface area contributed by atoms with Gasteiger partial charge in [-0.05, 0) is 15.9 Å². The first-order valence-corrected chi connectivity index (χ1v) is 14.7. The fourth-order valence-corrected chi connectivity index (χ4v) is 5.79. The van der Waals surface area contributed by atoms with Gasteiger partial charge in [-0.1, -0.05) is 7.43 Å². The lowest BCUT2D eigenvalue weighted by Crippen LogP contribution is -2.33. The van der Waals surface area contributed by atoms with Crippen LogP contribution in [0.1, 0.15) is 7.43 Å². The highest BCUT2D eigenvalue weighted by Gasteiger charge is 2.72. The zero-order valence-corrected chi connectivity index (χ0v) is 25.3. The van der Waals surface area contributed by atoms with Gasteiger partial charge in [0.1, 0.15) is 16.2 Å². The molecule has 47 heavy (non-hydrogen) atoms. The van der Waals surface area contributed by atoms with Crippen molar-refractivity contribution in [3.63, 3.8) is 0 Å². The highest BCUT2D eigenvalue weighted by Crippen LogP contribution is 2.60. The van der Waals surface area contributed by atoms with Crippen LogP contribution in [0.15, 0.2) is 54.2 Å². The van der Waals surface area contributed by atoms with Crippen molar-refractivity contribution in [3.05, 3.63) is 54.2 Å². The molecular formula is C27H30BBrF4N12O2. The topological polar surface area (TPSA) is 202 Å². The van der Waals surface area contributed by atoms with Crippen LogP contribution in [0.3, 0.4) is 0 Å². The van der Waals surface area contributed by atoms with Gasteiger partial charge in [0.25, 0.3) is 11.8 Å². The molecule has 2 aliphatic heterocycles. The molecule has 0 bridgehead atoms. The molecule has 0 spiro atoms. The quantitative estimate of drug-likeness (QED) is 0.175. The second-order valence-electron chi connectivity index (χ2n) is 11.1. The summed E-state index contributed by atoms with van der Waals surface area (Å²) in [4.78, 5) is 35.5. The average molecular weight is 721 g/mol. The Morgan fingerprint density at radius 3 is 1.49 bits per heavy atom. The predicted molar refractivity (Wildman–Crippen MR) is 168 cm³/mol. The molecule has 20 heteroatoms. The van der Waals surface area contributed by atoms with Gasteiger partial charge >= 0.3 is 7.12 Å². The molecule has 4 aromatic heterocycles. The van der Waals surface area contributed by atoms with Crippen LogP contribution in [-0.2, 0) is 0 Å². The molecule has 4 atom stereocenters. The van der Waals surface area contributed by atoms with E-state index in [-0.39, 0.29) is 26.0 Å². The molecule has 0 aromatic carbocycles. The van der Waals surface area contributed by atoms with Gasteiger partial charge in [-0.25, -0.2) is 47.5 Å². The van der Waals surface area contributed by atoms with Crippen molar-refractivity contribution >= 4 is 52.0 Å². The van der Waals surface area contributed by atoms with E-state index in [1.807, 2.05) is 0 Å². The van der Waals surface area contributed by atoms with E-state index >= 15 is 0 Å². The number of fused-ring (bicyclic) bond motifs is 2. The highest BCUT2D eigenvalue weighted by atomic mass is 79.9. The van der Waals surface area contributed by atoms with E-state index in [4.69, 9.17) is 21.5 Å². The Morgan fingerprint density at radius 1 is 0.681 bits per heavy atom. The Labute approximate surface area is 275 Å². The molecule has 248 valence electrons. The van der Waals surface area contributed by atoms with Crippen LogP contribution in [0, 0.1) is 23.7 Å². The number of anilines is 4. The maximum atomic E-state index is 13.2. The summed E-state index contributed by atoms with van der Waals surface area (Å²) in [6.45, 7) is 1.15. The maximum Gasteiger partial charge on any atom is 0.491 e. The largest absolute Gasteiger partial charge is 0.491 e. The molecule has 0 amide bonds. The number of nitrogen functional groups attached to an aromatic ring is 2. The number of piperidine rings is 2. The van der Waals surface area contributed by atoms with Crippen LogP contribution in [0.4, 0.5) is 41.1 Å². The molecular weight excluding hydrogens is 691 g/mol. The molecule has 8 rings (SSSR count). The highest BCUT2D eigenvalue weighted by molar-refractivity contribution is 9.10. The number of rotatable bonds is 4. The average Bonchev–Trinajstić information content (AvgIpc) is 3.48. The summed E-state index contributed by atoms with van der Waals surface area (Å²) >= 11 is 3.11. The van der Waals surface area contributed by atoms with E-state index in [1.165, 1.54) is 24.8 Å². The first kappa shape index (κ1) is 34.1. The summed E-state index contributed by atoms with van der Waals surface area (Å²) < 4.78 is 52.9. The lowest BCUT2D eigenvalue weighted by atomic mass is 9.83. The molecule has 0 radical (unpaired) electrons. The smallest absolute Gasteiger partial charge is 0.423 e. The minimum absolute atomic E-state index is 0. The van der Waals surface area contributed by atoms with Crippen LogP contribution in [-0.4, -0.2) is 95.1 Å². The lowest BCUT2D eigenvalue weighted by Gasteiger charge is -2.19. The molecule has 2 saturated heterocycles. The molecule has 2 saturated carbocycles. The number of nitrogens with zero attached hydrogens (tertiary/aromatic N) is 10. The number of hydrogen-bond acceptors (Lipinski definition) is 14. The second kappa shape index (κ2) is 13.1. The first-order valence-electron chi connectivity index (χ1n) is 13.9. The monoisotopic (exact) mass is 720 g/mol. The summed E-state index contributed by atoms with van der Waals surface area (Å²) in [5.74, 6) is -5.66. The Hall–Kier alpha value is -4.30. The third-order valence-electron chi connectivity index (χ3n) is 8.13. The van der Waals surface area contributed by atoms with Gasteiger partial charge in [-0.3, -0.25) is 9.97 Å². The number of alkyl halides is 4. The summed E-state index contributed by atoms with van der Waals surface area (Å²) in [6, 6.07) is 0. The number of aromatic nitrogens is 8. The van der Waals surface area contributed by atoms with Gasteiger partial charge in [-0.2, -0.15) is 0 Å². The molecule has 14 nitrogen and oxygen atoms in total. The summed E-state index contributed by atoms with van der Waals surface area (Å²) in [6.07, 6.45) is 11.9. The van der Waals surface area contributed by atoms with Crippen molar-refractivity contribution in [1.82, 2.24) is 39.9 Å². The van der Waals surface area contributed by atoms with E-state index in [1.54, 1.807) is 34.6 Å². The van der Waals surface area contributed by atoms with Crippen molar-refractivity contribution in [1.29, 1.82) is 0 Å². The lowest BCUT2D eigenvalue weighted by molar-refractivity contribution is 0.0790. The van der Waals surface area contributed by atoms with E-state index in [0.717, 1.165) is 0 Å². The summed E-state index contributed by atoms with van der Waals surface area (Å²) in [5.41, 5.74) is 12.3. The van der Waals surface area contributed by atoms with Gasteiger partial charge < -0.3 is 31.3 Å². The first-order chi connectivity index (χ1) is 21.8. The van der Waals surface area contributed by atoms with Crippen molar-refractivity contribution < 1.29 is 27.6 Å². The zero-order chi connectivity index (χ0) is 32.8. The fourth-order valence-electron chi connectivity index (χ4n) is 5.46. The number of halogens is 5. The number of nitrogens with two attached hydrogens (primary N) is 2. The normalized spacial score (nSPS) is 23.6. The molecule has 2 aliphatic carbocycles. The second-order valence-corrected chi connectivity index (χ2v) is 12.0. The SMILES string of the molecule is C.Nc1cncc(-c2cnc(N3CC4C(C3)C4(F)F)nc2)n1.Nc1cncc(Br)n1.OB(O)c1cnc(N2CC3C(C2)C3(F)F)nc1. The Bertz CT molecular complexity index is 1650. The van der Waals surface area contributed by atoms with Gasteiger partial charge in [0.05, 0.1) is 54.2 Å². The van der Waals surface area contributed by atoms with E-state index in [2.05, 4.69) is 55.8 Å². The molecule has 4 aliphatic rings. The fraction of sp³-hybridized carbons (Fsp3) is 0.407. The minimum atomic E-state index is -2.52. The van der Waals surface area contributed by atoms with Crippen molar-refractivity contribution in [2.45, 2.75) is 19.3 Å². The third kappa shape index (κ3) is 7.18. The molecule has 4 unspecified atom stereocenters. The minimum Gasteiger partial charge on any atom is -0.423 e. The summed E-state index contributed by atoms with van der Waals surface area (Å²) in [5, 5.41) is 17.7. The van der Waals surface area contributed by atoms with E-state index in [0.29, 0.717) is 52.5 Å². The molecule has 6 N–H and O–H groups in total. The Kier molecular flexibility index (Phi) is 9.47. The predicted octanol–water partition coefficient (Wildman–Crippen LogP) is 1.53. The van der Waals surface area contributed by atoms with Crippen LogP contribution in [0.2, 0.25) is 0 Å². The van der Waals surface area contributed by atoms with Gasteiger partial charge in [0, 0.05) is 62.0 Å². The molecule has 4 aromatic rings. The zero-order valence-electron chi connectivity index (χ0n) is 23.7. The van der Waals surface area contributed by atoms with E-state index in [9.17, 15) is 17.6 Å². The molecule has 4 fully saturated rings. The summed E-state index contributed by atoms with van der Waals surface area (Å²) in [7, 11) is -1.61. The maximum absolute atomic E-state index is 13.2. The van der Waals surface area contributed by atoms with Gasteiger partial charge in [0.15, 0.2) is 0 Å². The van der Waals surface area contributed by atoms with Crippen molar-refractivity contribution in [2.75, 3.05) is 47.4 Å².